The van der Waals surface area contributed by atoms with E-state index in [-0.39, 0.29) is 15.6 Å². The van der Waals surface area contributed by atoms with Crippen molar-refractivity contribution in [2.75, 3.05) is 11.8 Å². The number of halogens is 2. The van der Waals surface area contributed by atoms with Gasteiger partial charge in [0.15, 0.2) is 0 Å². The summed E-state index contributed by atoms with van der Waals surface area (Å²) in [7, 11) is -2.22. The minimum absolute atomic E-state index is 0.122. The second kappa shape index (κ2) is 6.13. The molecule has 0 aliphatic heterocycles. The Morgan fingerprint density at radius 2 is 1.81 bits per heavy atom. The van der Waals surface area contributed by atoms with Crippen LogP contribution in [-0.2, 0) is 10.0 Å². The molecule has 0 aliphatic rings. The van der Waals surface area contributed by atoms with Crippen molar-refractivity contribution in [1.82, 2.24) is 0 Å². The monoisotopic (exact) mass is 345 g/mol. The van der Waals surface area contributed by atoms with Gasteiger partial charge in [-0.15, -0.1) is 0 Å². The van der Waals surface area contributed by atoms with E-state index in [1.54, 1.807) is 19.1 Å². The zero-order chi connectivity index (χ0) is 15.6. The third-order valence-electron chi connectivity index (χ3n) is 2.85. The number of sulfonamides is 1. The molecule has 21 heavy (non-hydrogen) atoms. The molecule has 0 radical (unpaired) electrons. The summed E-state index contributed by atoms with van der Waals surface area (Å²) in [6, 6.07) is 9.16. The Labute approximate surface area is 133 Å². The quantitative estimate of drug-likeness (QED) is 0.906. The molecule has 4 nitrogen and oxygen atoms in total. The van der Waals surface area contributed by atoms with Crippen molar-refractivity contribution < 1.29 is 13.2 Å². The summed E-state index contributed by atoms with van der Waals surface area (Å²) >= 11 is 11.8. The molecule has 2 rings (SSSR count). The maximum absolute atomic E-state index is 12.4. The number of ether oxygens (including phenoxy) is 1. The van der Waals surface area contributed by atoms with Crippen LogP contribution >= 0.6 is 23.2 Å². The molecule has 0 saturated carbocycles. The smallest absolute Gasteiger partial charge is 0.261 e. The minimum atomic E-state index is -3.75. The predicted octanol–water partition coefficient (Wildman–Crippen LogP) is 4.11. The topological polar surface area (TPSA) is 55.4 Å². The van der Waals surface area contributed by atoms with E-state index in [9.17, 15) is 8.42 Å². The number of aryl methyl sites for hydroxylation is 1. The molecular formula is C14H13Cl2NO3S. The van der Waals surface area contributed by atoms with Crippen LogP contribution < -0.4 is 9.46 Å². The van der Waals surface area contributed by atoms with Gasteiger partial charge in [0.05, 0.1) is 22.7 Å². The third-order valence-corrected chi connectivity index (χ3v) is 4.78. The summed E-state index contributed by atoms with van der Waals surface area (Å²) in [5.74, 6) is 0.620. The Morgan fingerprint density at radius 1 is 1.10 bits per heavy atom. The van der Waals surface area contributed by atoms with Gasteiger partial charge in [0, 0.05) is 5.02 Å². The van der Waals surface area contributed by atoms with Crippen LogP contribution in [0, 0.1) is 6.92 Å². The number of methoxy groups -OCH3 is 1. The molecule has 112 valence electrons. The highest BCUT2D eigenvalue weighted by molar-refractivity contribution is 7.92. The third kappa shape index (κ3) is 3.61. The summed E-state index contributed by atoms with van der Waals surface area (Å²) in [5.41, 5.74) is 0.954. The molecule has 0 spiro atoms. The number of hydrogen-bond donors (Lipinski definition) is 1. The van der Waals surface area contributed by atoms with Crippen LogP contribution in [0.15, 0.2) is 41.3 Å². The lowest BCUT2D eigenvalue weighted by atomic mass is 10.2. The van der Waals surface area contributed by atoms with Gasteiger partial charge in [-0.1, -0.05) is 23.2 Å². The lowest BCUT2D eigenvalue weighted by Gasteiger charge is -2.11. The van der Waals surface area contributed by atoms with Crippen LogP contribution in [0.25, 0.3) is 0 Å². The lowest BCUT2D eigenvalue weighted by molar-refractivity contribution is 0.411. The molecule has 0 saturated heterocycles. The number of anilines is 1. The molecule has 1 N–H and O–H groups in total. The Bertz CT molecular complexity index is 776. The van der Waals surface area contributed by atoms with Crippen molar-refractivity contribution in [3.05, 3.63) is 52.0 Å². The van der Waals surface area contributed by atoms with E-state index < -0.39 is 10.0 Å². The molecular weight excluding hydrogens is 333 g/mol. The van der Waals surface area contributed by atoms with E-state index in [2.05, 4.69) is 4.72 Å². The van der Waals surface area contributed by atoms with Crippen LogP contribution in [0.3, 0.4) is 0 Å². The molecule has 0 heterocycles. The maximum Gasteiger partial charge on any atom is 0.261 e. The number of hydrogen-bond acceptors (Lipinski definition) is 3. The average molecular weight is 346 g/mol. The van der Waals surface area contributed by atoms with Gasteiger partial charge < -0.3 is 4.74 Å². The Morgan fingerprint density at radius 3 is 2.43 bits per heavy atom. The van der Waals surface area contributed by atoms with Crippen molar-refractivity contribution in [2.45, 2.75) is 11.8 Å². The maximum atomic E-state index is 12.4. The van der Waals surface area contributed by atoms with Crippen molar-refractivity contribution in [3.63, 3.8) is 0 Å². The van der Waals surface area contributed by atoms with Crippen LogP contribution in [0.2, 0.25) is 10.0 Å². The second-order valence-electron chi connectivity index (χ2n) is 4.36. The Kier molecular flexibility index (Phi) is 4.66. The molecule has 0 bridgehead atoms. The Balaban J connectivity index is 2.38. The van der Waals surface area contributed by atoms with Gasteiger partial charge in [0.2, 0.25) is 0 Å². The van der Waals surface area contributed by atoms with Crippen LogP contribution in [0.4, 0.5) is 5.69 Å². The van der Waals surface area contributed by atoms with Crippen LogP contribution in [0.5, 0.6) is 5.75 Å². The summed E-state index contributed by atoms with van der Waals surface area (Å²) < 4.78 is 32.3. The van der Waals surface area contributed by atoms with E-state index in [1.165, 1.54) is 31.4 Å². The average Bonchev–Trinajstić information content (AvgIpc) is 2.42. The fourth-order valence-electron chi connectivity index (χ4n) is 1.80. The molecule has 0 amide bonds. The van der Waals surface area contributed by atoms with Gasteiger partial charge in [-0.2, -0.15) is 0 Å². The highest BCUT2D eigenvalue weighted by atomic mass is 35.5. The molecule has 2 aromatic carbocycles. The van der Waals surface area contributed by atoms with Crippen molar-refractivity contribution in [3.8, 4) is 5.75 Å². The van der Waals surface area contributed by atoms with Crippen molar-refractivity contribution in [1.29, 1.82) is 0 Å². The first-order chi connectivity index (χ1) is 9.83. The molecule has 0 fully saturated rings. The summed E-state index contributed by atoms with van der Waals surface area (Å²) in [4.78, 5) is 0.122. The van der Waals surface area contributed by atoms with Crippen molar-refractivity contribution in [2.24, 2.45) is 0 Å². The lowest BCUT2D eigenvalue weighted by Crippen LogP contribution is -2.13. The number of nitrogens with one attached hydrogen (secondary N) is 1. The molecule has 0 aliphatic carbocycles. The summed E-state index contributed by atoms with van der Waals surface area (Å²) in [5, 5.41) is 0.663. The first-order valence-corrected chi connectivity index (χ1v) is 8.20. The molecule has 7 heteroatoms. The van der Waals surface area contributed by atoms with Crippen molar-refractivity contribution >= 4 is 38.9 Å². The van der Waals surface area contributed by atoms with Gasteiger partial charge in [-0.3, -0.25) is 4.72 Å². The first kappa shape index (κ1) is 15.9. The van der Waals surface area contributed by atoms with E-state index in [1.807, 2.05) is 0 Å². The highest BCUT2D eigenvalue weighted by Crippen LogP contribution is 2.29. The Hall–Kier alpha value is -1.43. The van der Waals surface area contributed by atoms with Gasteiger partial charge in [-0.05, 0) is 48.9 Å². The van der Waals surface area contributed by atoms with E-state index in [0.717, 1.165) is 5.56 Å². The SMILES string of the molecule is COc1ccc(S(=O)(=O)Nc2cc(Cl)ccc2Cl)cc1C. The van der Waals surface area contributed by atoms with Crippen LogP contribution in [0.1, 0.15) is 5.56 Å². The number of rotatable bonds is 4. The zero-order valence-electron chi connectivity index (χ0n) is 11.4. The largest absolute Gasteiger partial charge is 0.496 e. The van der Waals surface area contributed by atoms with Gasteiger partial charge in [-0.25, -0.2) is 8.42 Å². The van der Waals surface area contributed by atoms with E-state index in [4.69, 9.17) is 27.9 Å². The summed E-state index contributed by atoms with van der Waals surface area (Å²) in [6.07, 6.45) is 0. The molecule has 2 aromatic rings. The van der Waals surface area contributed by atoms with E-state index in [0.29, 0.717) is 10.8 Å². The standard InChI is InChI=1S/C14H13Cl2NO3S/c1-9-7-11(4-6-14(9)20-2)21(18,19)17-13-8-10(15)3-5-12(13)16/h3-8,17H,1-2H3. The minimum Gasteiger partial charge on any atom is -0.496 e. The molecule has 0 unspecified atom stereocenters. The molecule has 0 aromatic heterocycles. The van der Waals surface area contributed by atoms with Crippen LogP contribution in [-0.4, -0.2) is 15.5 Å². The zero-order valence-corrected chi connectivity index (χ0v) is 13.7. The second-order valence-corrected chi connectivity index (χ2v) is 6.89. The fourth-order valence-corrected chi connectivity index (χ4v) is 3.35. The normalized spacial score (nSPS) is 11.2. The van der Waals surface area contributed by atoms with E-state index >= 15 is 0 Å². The fraction of sp³-hybridized carbons (Fsp3) is 0.143. The predicted molar refractivity (Wildman–Crippen MR) is 85.0 cm³/mol. The van der Waals surface area contributed by atoms with Gasteiger partial charge in [0.1, 0.15) is 5.75 Å². The highest BCUT2D eigenvalue weighted by Gasteiger charge is 2.17. The van der Waals surface area contributed by atoms with Gasteiger partial charge >= 0.3 is 0 Å². The number of benzene rings is 2. The first-order valence-electron chi connectivity index (χ1n) is 5.96. The molecule has 0 atom stereocenters. The summed E-state index contributed by atoms with van der Waals surface area (Å²) in [6.45, 7) is 1.77. The van der Waals surface area contributed by atoms with Gasteiger partial charge in [0.25, 0.3) is 10.0 Å².